The highest BCUT2D eigenvalue weighted by Crippen LogP contribution is 2.22. The Kier molecular flexibility index (Phi) is 4.94. The maximum Gasteiger partial charge on any atom is 0.223 e. The summed E-state index contributed by atoms with van der Waals surface area (Å²) >= 11 is 0. The van der Waals surface area contributed by atoms with Gasteiger partial charge in [-0.15, -0.1) is 0 Å². The number of rotatable bonds is 4. The van der Waals surface area contributed by atoms with Crippen molar-refractivity contribution >= 4 is 5.91 Å². The van der Waals surface area contributed by atoms with Crippen LogP contribution in [-0.2, 0) is 11.2 Å². The van der Waals surface area contributed by atoms with Crippen molar-refractivity contribution < 1.29 is 9.21 Å². The van der Waals surface area contributed by atoms with E-state index in [1.54, 1.807) is 0 Å². The molecule has 0 bridgehead atoms. The van der Waals surface area contributed by atoms with Gasteiger partial charge in [-0.1, -0.05) is 43.2 Å². The van der Waals surface area contributed by atoms with Crippen molar-refractivity contribution in [3.8, 4) is 11.3 Å². The summed E-state index contributed by atoms with van der Waals surface area (Å²) in [5.41, 5.74) is 1.08. The molecule has 116 valence electrons. The number of hydrogen-bond donors (Lipinski definition) is 0. The van der Waals surface area contributed by atoms with Crippen molar-refractivity contribution in [1.29, 1.82) is 0 Å². The third-order valence-electron chi connectivity index (χ3n) is 4.26. The quantitative estimate of drug-likeness (QED) is 0.844. The van der Waals surface area contributed by atoms with Crippen LogP contribution in [0.4, 0.5) is 0 Å². The molecule has 1 amide bonds. The molecule has 2 heterocycles. The molecule has 1 fully saturated rings. The summed E-state index contributed by atoms with van der Waals surface area (Å²) in [6.07, 6.45) is 6.02. The lowest BCUT2D eigenvalue weighted by Gasteiger charge is -2.19. The minimum atomic E-state index is 0.263. The summed E-state index contributed by atoms with van der Waals surface area (Å²) in [5, 5.41) is 0. The summed E-state index contributed by atoms with van der Waals surface area (Å²) in [6.45, 7) is 1.85. The second-order valence-corrected chi connectivity index (χ2v) is 5.93. The van der Waals surface area contributed by atoms with E-state index in [0.29, 0.717) is 12.8 Å². The monoisotopic (exact) mass is 297 g/mol. The molecular formula is C19H23NO2. The van der Waals surface area contributed by atoms with Gasteiger partial charge in [-0.25, -0.2) is 0 Å². The number of aryl methyl sites for hydroxylation is 1. The maximum absolute atomic E-state index is 12.3. The van der Waals surface area contributed by atoms with Crippen molar-refractivity contribution in [3.05, 3.63) is 48.2 Å². The molecule has 1 aliphatic rings. The van der Waals surface area contributed by atoms with Crippen LogP contribution in [-0.4, -0.2) is 23.9 Å². The molecule has 0 spiro atoms. The van der Waals surface area contributed by atoms with Crippen LogP contribution in [0, 0.1) is 0 Å². The smallest absolute Gasteiger partial charge is 0.223 e. The Bertz CT molecular complexity index is 595. The van der Waals surface area contributed by atoms with E-state index in [1.165, 1.54) is 12.8 Å². The van der Waals surface area contributed by atoms with Crippen LogP contribution in [0.15, 0.2) is 46.9 Å². The minimum absolute atomic E-state index is 0.263. The van der Waals surface area contributed by atoms with Gasteiger partial charge in [-0.05, 0) is 25.0 Å². The topological polar surface area (TPSA) is 33.5 Å². The van der Waals surface area contributed by atoms with E-state index in [0.717, 1.165) is 43.0 Å². The van der Waals surface area contributed by atoms with Crippen molar-refractivity contribution in [2.75, 3.05) is 13.1 Å². The average Bonchev–Trinajstić information content (AvgIpc) is 2.87. The van der Waals surface area contributed by atoms with Gasteiger partial charge < -0.3 is 9.32 Å². The molecule has 0 unspecified atom stereocenters. The zero-order valence-corrected chi connectivity index (χ0v) is 13.0. The fraction of sp³-hybridized carbons (Fsp3) is 0.421. The van der Waals surface area contributed by atoms with Crippen LogP contribution in [0.3, 0.4) is 0 Å². The standard InChI is InChI=1S/C19H23NO2/c21-19(20-14-6-1-2-7-15-20)13-11-17-10-12-18(22-17)16-8-4-3-5-9-16/h3-5,8-10,12H,1-2,6-7,11,13-15H2. The Morgan fingerprint density at radius 2 is 1.68 bits per heavy atom. The van der Waals surface area contributed by atoms with Gasteiger partial charge in [0.15, 0.2) is 0 Å². The molecule has 3 rings (SSSR count). The van der Waals surface area contributed by atoms with E-state index in [4.69, 9.17) is 4.42 Å². The van der Waals surface area contributed by atoms with Crippen molar-refractivity contribution in [2.45, 2.75) is 38.5 Å². The Hall–Kier alpha value is -2.03. The molecule has 2 aromatic rings. The van der Waals surface area contributed by atoms with Crippen molar-refractivity contribution in [2.24, 2.45) is 0 Å². The first kappa shape index (κ1) is 14.9. The summed E-state index contributed by atoms with van der Waals surface area (Å²) in [7, 11) is 0. The Morgan fingerprint density at radius 1 is 0.955 bits per heavy atom. The number of hydrogen-bond acceptors (Lipinski definition) is 2. The summed E-state index contributed by atoms with van der Waals surface area (Å²) < 4.78 is 5.86. The van der Waals surface area contributed by atoms with E-state index < -0.39 is 0 Å². The Balaban J connectivity index is 1.55. The predicted molar refractivity (Wildman–Crippen MR) is 87.5 cm³/mol. The molecule has 0 saturated carbocycles. The summed E-state index contributed by atoms with van der Waals surface area (Å²) in [6, 6.07) is 14.0. The second-order valence-electron chi connectivity index (χ2n) is 5.93. The molecule has 3 heteroatoms. The zero-order valence-electron chi connectivity index (χ0n) is 13.0. The van der Waals surface area contributed by atoms with E-state index >= 15 is 0 Å². The maximum atomic E-state index is 12.3. The number of carbonyl (C=O) groups excluding carboxylic acids is 1. The number of likely N-dealkylation sites (tertiary alicyclic amines) is 1. The lowest BCUT2D eigenvalue weighted by molar-refractivity contribution is -0.131. The fourth-order valence-electron chi connectivity index (χ4n) is 2.98. The van der Waals surface area contributed by atoms with E-state index in [2.05, 4.69) is 0 Å². The number of amides is 1. The molecule has 0 radical (unpaired) electrons. The van der Waals surface area contributed by atoms with Gasteiger partial charge in [0.2, 0.25) is 5.91 Å². The molecule has 1 aromatic heterocycles. The largest absolute Gasteiger partial charge is 0.461 e. The van der Waals surface area contributed by atoms with E-state index in [-0.39, 0.29) is 5.91 Å². The van der Waals surface area contributed by atoms with Crippen LogP contribution < -0.4 is 0 Å². The molecule has 1 aliphatic heterocycles. The van der Waals surface area contributed by atoms with Gasteiger partial charge in [0.05, 0.1) is 0 Å². The van der Waals surface area contributed by atoms with Crippen LogP contribution in [0.2, 0.25) is 0 Å². The van der Waals surface area contributed by atoms with E-state index in [1.807, 2.05) is 47.4 Å². The molecule has 0 N–H and O–H groups in total. The van der Waals surface area contributed by atoms with Crippen LogP contribution in [0.1, 0.15) is 37.9 Å². The number of carbonyl (C=O) groups is 1. The Morgan fingerprint density at radius 3 is 2.41 bits per heavy atom. The molecule has 22 heavy (non-hydrogen) atoms. The highest BCUT2D eigenvalue weighted by Gasteiger charge is 2.16. The molecule has 3 nitrogen and oxygen atoms in total. The van der Waals surface area contributed by atoms with Crippen LogP contribution in [0.5, 0.6) is 0 Å². The predicted octanol–water partition coefficient (Wildman–Crippen LogP) is 4.28. The van der Waals surface area contributed by atoms with E-state index in [9.17, 15) is 4.79 Å². The first-order valence-corrected chi connectivity index (χ1v) is 8.25. The molecule has 0 atom stereocenters. The minimum Gasteiger partial charge on any atom is -0.461 e. The van der Waals surface area contributed by atoms with Gasteiger partial charge in [0, 0.05) is 31.5 Å². The number of benzene rings is 1. The van der Waals surface area contributed by atoms with Gasteiger partial charge in [0.25, 0.3) is 0 Å². The molecule has 1 aromatic carbocycles. The molecular weight excluding hydrogens is 274 g/mol. The van der Waals surface area contributed by atoms with Gasteiger partial charge in [0.1, 0.15) is 11.5 Å². The normalized spacial score (nSPS) is 15.5. The van der Waals surface area contributed by atoms with Gasteiger partial charge >= 0.3 is 0 Å². The highest BCUT2D eigenvalue weighted by molar-refractivity contribution is 5.76. The third-order valence-corrected chi connectivity index (χ3v) is 4.26. The third kappa shape index (κ3) is 3.79. The van der Waals surface area contributed by atoms with Gasteiger partial charge in [-0.3, -0.25) is 4.79 Å². The van der Waals surface area contributed by atoms with Crippen LogP contribution >= 0.6 is 0 Å². The van der Waals surface area contributed by atoms with Crippen molar-refractivity contribution in [1.82, 2.24) is 4.90 Å². The Labute approximate surface area is 131 Å². The van der Waals surface area contributed by atoms with Crippen LogP contribution in [0.25, 0.3) is 11.3 Å². The fourth-order valence-corrected chi connectivity index (χ4v) is 2.98. The zero-order chi connectivity index (χ0) is 15.2. The summed E-state index contributed by atoms with van der Waals surface area (Å²) in [4.78, 5) is 14.3. The van der Waals surface area contributed by atoms with Gasteiger partial charge in [-0.2, -0.15) is 0 Å². The number of furan rings is 1. The highest BCUT2D eigenvalue weighted by atomic mass is 16.3. The SMILES string of the molecule is O=C(CCc1ccc(-c2ccccc2)o1)N1CCCCCC1. The lowest BCUT2D eigenvalue weighted by Crippen LogP contribution is -2.31. The number of nitrogens with zero attached hydrogens (tertiary/aromatic N) is 1. The second kappa shape index (κ2) is 7.30. The van der Waals surface area contributed by atoms with Crippen molar-refractivity contribution in [3.63, 3.8) is 0 Å². The lowest BCUT2D eigenvalue weighted by atomic mass is 10.2. The average molecular weight is 297 g/mol. The molecule has 1 saturated heterocycles. The first-order chi connectivity index (χ1) is 10.8. The first-order valence-electron chi connectivity index (χ1n) is 8.25. The summed E-state index contributed by atoms with van der Waals surface area (Å²) in [5.74, 6) is 2.03. The molecule has 0 aliphatic carbocycles.